The molecule has 0 saturated heterocycles. The fraction of sp³-hybridized carbons (Fsp3) is 0.0714. The average molecular weight is 387 g/mol. The minimum atomic E-state index is -3.35. The van der Waals surface area contributed by atoms with Gasteiger partial charge in [-0.3, -0.25) is 9.52 Å². The number of carbonyl (C=O) groups excluding carboxylic acids is 1. The molecule has 0 aliphatic carbocycles. The molecule has 1 amide bonds. The Labute approximate surface area is 135 Å². The summed E-state index contributed by atoms with van der Waals surface area (Å²) in [5, 5.41) is 2.60. The van der Waals surface area contributed by atoms with Crippen LogP contribution in [-0.4, -0.2) is 20.6 Å². The fourth-order valence-corrected chi connectivity index (χ4v) is 2.70. The summed E-state index contributed by atoms with van der Waals surface area (Å²) in [6, 6.07) is 9.92. The van der Waals surface area contributed by atoms with Crippen molar-refractivity contribution in [3.05, 3.63) is 58.3 Å². The maximum atomic E-state index is 13.2. The molecule has 0 fully saturated rings. The smallest absolute Gasteiger partial charge is 0.256 e. The van der Waals surface area contributed by atoms with Crippen molar-refractivity contribution in [1.82, 2.24) is 0 Å². The minimum absolute atomic E-state index is 0.165. The summed E-state index contributed by atoms with van der Waals surface area (Å²) in [6.45, 7) is 0. The molecule has 0 aliphatic heterocycles. The molecule has 0 saturated carbocycles. The number of carbonyl (C=O) groups is 1. The van der Waals surface area contributed by atoms with E-state index in [0.29, 0.717) is 15.8 Å². The average Bonchev–Trinajstić information content (AvgIpc) is 2.42. The van der Waals surface area contributed by atoms with E-state index in [4.69, 9.17) is 0 Å². The molecule has 8 heteroatoms. The number of halogens is 2. The maximum absolute atomic E-state index is 13.2. The summed E-state index contributed by atoms with van der Waals surface area (Å²) < 4.78 is 38.2. The van der Waals surface area contributed by atoms with Crippen molar-refractivity contribution in [2.75, 3.05) is 16.3 Å². The molecule has 0 aromatic heterocycles. The highest BCUT2D eigenvalue weighted by molar-refractivity contribution is 9.10. The molecule has 22 heavy (non-hydrogen) atoms. The zero-order valence-electron chi connectivity index (χ0n) is 11.4. The van der Waals surface area contributed by atoms with Gasteiger partial charge in [-0.15, -0.1) is 0 Å². The summed E-state index contributed by atoms with van der Waals surface area (Å²) >= 11 is 3.18. The molecule has 2 rings (SSSR count). The number of hydrogen-bond donors (Lipinski definition) is 2. The van der Waals surface area contributed by atoms with E-state index in [-0.39, 0.29) is 5.56 Å². The van der Waals surface area contributed by atoms with Gasteiger partial charge in [-0.25, -0.2) is 12.8 Å². The molecule has 0 bridgehead atoms. The third-order valence-corrected chi connectivity index (χ3v) is 3.92. The number of nitrogens with one attached hydrogen (secondary N) is 2. The third-order valence-electron chi connectivity index (χ3n) is 2.62. The molecule has 0 spiro atoms. The minimum Gasteiger partial charge on any atom is -0.322 e. The summed E-state index contributed by atoms with van der Waals surface area (Å²) in [5.41, 5.74) is 1.01. The fourth-order valence-electron chi connectivity index (χ4n) is 1.71. The summed E-state index contributed by atoms with van der Waals surface area (Å²) in [5.74, 6) is -0.990. The molecule has 0 heterocycles. The molecule has 0 atom stereocenters. The van der Waals surface area contributed by atoms with Crippen molar-refractivity contribution in [3.8, 4) is 0 Å². The van der Waals surface area contributed by atoms with E-state index in [2.05, 4.69) is 26.0 Å². The SMILES string of the molecule is CS(=O)(=O)Nc1ccc(NC(=O)c2cc(F)ccc2Br)cc1. The Morgan fingerprint density at radius 3 is 2.27 bits per heavy atom. The van der Waals surface area contributed by atoms with Gasteiger partial charge in [0.15, 0.2) is 0 Å². The van der Waals surface area contributed by atoms with Crippen LogP contribution < -0.4 is 10.0 Å². The second-order valence-corrected chi connectivity index (χ2v) is 7.13. The highest BCUT2D eigenvalue weighted by Gasteiger charge is 2.11. The third kappa shape index (κ3) is 4.54. The number of rotatable bonds is 4. The molecule has 0 aliphatic rings. The van der Waals surface area contributed by atoms with Crippen molar-refractivity contribution >= 4 is 43.2 Å². The summed E-state index contributed by atoms with van der Waals surface area (Å²) in [6.07, 6.45) is 1.05. The van der Waals surface area contributed by atoms with Crippen LogP contribution in [0.2, 0.25) is 0 Å². The van der Waals surface area contributed by atoms with E-state index < -0.39 is 21.7 Å². The van der Waals surface area contributed by atoms with Gasteiger partial charge in [-0.05, 0) is 58.4 Å². The molecule has 0 radical (unpaired) electrons. The number of hydrogen-bond acceptors (Lipinski definition) is 3. The van der Waals surface area contributed by atoms with Gasteiger partial charge in [-0.2, -0.15) is 0 Å². The lowest BCUT2D eigenvalue weighted by Gasteiger charge is -2.08. The van der Waals surface area contributed by atoms with Crippen LogP contribution in [0.3, 0.4) is 0 Å². The topological polar surface area (TPSA) is 75.3 Å². The Bertz CT molecular complexity index is 807. The first-order valence-electron chi connectivity index (χ1n) is 6.09. The Balaban J connectivity index is 2.14. The molecular formula is C14H12BrFN2O3S. The van der Waals surface area contributed by atoms with Gasteiger partial charge in [0.05, 0.1) is 11.8 Å². The van der Waals surface area contributed by atoms with Crippen LogP contribution in [0.4, 0.5) is 15.8 Å². The lowest BCUT2D eigenvalue weighted by atomic mass is 10.2. The number of anilines is 2. The molecule has 0 unspecified atom stereocenters. The quantitative estimate of drug-likeness (QED) is 0.846. The lowest BCUT2D eigenvalue weighted by molar-refractivity contribution is 0.102. The molecule has 2 N–H and O–H groups in total. The standard InChI is InChI=1S/C14H12BrFN2O3S/c1-22(20,21)18-11-5-3-10(4-6-11)17-14(19)12-8-9(16)2-7-13(12)15/h2-8,18H,1H3,(H,17,19). The van der Waals surface area contributed by atoms with Gasteiger partial charge in [0, 0.05) is 15.8 Å². The van der Waals surface area contributed by atoms with E-state index in [1.807, 2.05) is 0 Å². The van der Waals surface area contributed by atoms with Crippen LogP contribution in [0, 0.1) is 5.82 Å². The summed E-state index contributed by atoms with van der Waals surface area (Å²) in [7, 11) is -3.35. The first-order valence-corrected chi connectivity index (χ1v) is 8.77. The Kier molecular flexibility index (Phi) is 4.82. The van der Waals surface area contributed by atoms with E-state index in [0.717, 1.165) is 12.3 Å². The van der Waals surface area contributed by atoms with Crippen molar-refractivity contribution in [2.45, 2.75) is 0 Å². The van der Waals surface area contributed by atoms with E-state index in [9.17, 15) is 17.6 Å². The highest BCUT2D eigenvalue weighted by atomic mass is 79.9. The van der Waals surface area contributed by atoms with Gasteiger partial charge < -0.3 is 5.32 Å². The van der Waals surface area contributed by atoms with Crippen LogP contribution in [0.25, 0.3) is 0 Å². The van der Waals surface area contributed by atoms with Crippen molar-refractivity contribution in [2.24, 2.45) is 0 Å². The van der Waals surface area contributed by atoms with E-state index in [1.165, 1.54) is 24.3 Å². The van der Waals surface area contributed by atoms with Gasteiger partial charge in [0.2, 0.25) is 10.0 Å². The zero-order valence-corrected chi connectivity index (χ0v) is 13.8. The predicted molar refractivity (Wildman–Crippen MR) is 87.0 cm³/mol. The predicted octanol–water partition coefficient (Wildman–Crippen LogP) is 3.21. The molecule has 2 aromatic rings. The second kappa shape index (κ2) is 6.45. The molecule has 2 aromatic carbocycles. The van der Waals surface area contributed by atoms with Crippen molar-refractivity contribution in [3.63, 3.8) is 0 Å². The maximum Gasteiger partial charge on any atom is 0.256 e. The molecule has 116 valence electrons. The first-order chi connectivity index (χ1) is 10.2. The van der Waals surface area contributed by atoms with Crippen LogP contribution >= 0.6 is 15.9 Å². The van der Waals surface area contributed by atoms with Crippen molar-refractivity contribution < 1.29 is 17.6 Å². The van der Waals surface area contributed by atoms with Gasteiger partial charge in [-0.1, -0.05) is 0 Å². The van der Waals surface area contributed by atoms with E-state index >= 15 is 0 Å². The first kappa shape index (κ1) is 16.4. The van der Waals surface area contributed by atoms with Gasteiger partial charge in [0.1, 0.15) is 5.82 Å². The Morgan fingerprint density at radius 1 is 1.09 bits per heavy atom. The second-order valence-electron chi connectivity index (χ2n) is 4.53. The normalized spacial score (nSPS) is 11.0. The van der Waals surface area contributed by atoms with Gasteiger partial charge in [0.25, 0.3) is 5.91 Å². The molecular weight excluding hydrogens is 375 g/mol. The largest absolute Gasteiger partial charge is 0.322 e. The highest BCUT2D eigenvalue weighted by Crippen LogP contribution is 2.20. The Hall–Kier alpha value is -1.93. The van der Waals surface area contributed by atoms with Crippen LogP contribution in [0.15, 0.2) is 46.9 Å². The van der Waals surface area contributed by atoms with Crippen LogP contribution in [0.5, 0.6) is 0 Å². The zero-order chi connectivity index (χ0) is 16.3. The number of amides is 1. The van der Waals surface area contributed by atoms with Gasteiger partial charge >= 0.3 is 0 Å². The lowest BCUT2D eigenvalue weighted by Crippen LogP contribution is -2.13. The number of sulfonamides is 1. The van der Waals surface area contributed by atoms with Crippen LogP contribution in [0.1, 0.15) is 10.4 Å². The Morgan fingerprint density at radius 2 is 1.68 bits per heavy atom. The van der Waals surface area contributed by atoms with E-state index in [1.54, 1.807) is 12.1 Å². The summed E-state index contributed by atoms with van der Waals surface area (Å²) in [4.78, 5) is 12.1. The molecule has 5 nitrogen and oxygen atoms in total. The van der Waals surface area contributed by atoms with Crippen LogP contribution in [-0.2, 0) is 10.0 Å². The monoisotopic (exact) mass is 386 g/mol. The van der Waals surface area contributed by atoms with Crippen molar-refractivity contribution in [1.29, 1.82) is 0 Å². The number of benzene rings is 2.